The van der Waals surface area contributed by atoms with Crippen molar-refractivity contribution in [2.24, 2.45) is 0 Å². The highest BCUT2D eigenvalue weighted by atomic mass is 19.1. The Kier molecular flexibility index (Phi) is 20.9. The zero-order valence-electron chi connectivity index (χ0n) is 32.2. The fourth-order valence-electron chi connectivity index (χ4n) is 6.22. The van der Waals surface area contributed by atoms with Crippen LogP contribution < -0.4 is 0 Å². The Labute approximate surface area is 308 Å². The summed E-state index contributed by atoms with van der Waals surface area (Å²) < 4.78 is 28.6. The molecular formula is C45H64F2N4. The van der Waals surface area contributed by atoms with E-state index in [1.165, 1.54) is 102 Å². The normalized spacial score (nSPS) is 11.0. The van der Waals surface area contributed by atoms with Crippen molar-refractivity contribution in [2.75, 3.05) is 0 Å². The van der Waals surface area contributed by atoms with Gasteiger partial charge >= 0.3 is 0 Å². The number of unbranched alkanes of at least 4 members (excludes halogenated alkanes) is 13. The van der Waals surface area contributed by atoms with E-state index < -0.39 is 0 Å². The van der Waals surface area contributed by atoms with Crippen LogP contribution in [-0.2, 0) is 25.7 Å². The van der Waals surface area contributed by atoms with Gasteiger partial charge in [0.25, 0.3) is 0 Å². The van der Waals surface area contributed by atoms with E-state index in [4.69, 9.17) is 0 Å². The summed E-state index contributed by atoms with van der Waals surface area (Å²) in [6.45, 7) is 8.82. The van der Waals surface area contributed by atoms with Gasteiger partial charge in [-0.1, -0.05) is 135 Å². The second-order valence-corrected chi connectivity index (χ2v) is 14.0. The quantitative estimate of drug-likeness (QED) is 0.0724. The first-order chi connectivity index (χ1) is 25.0. The number of aromatic nitrogens is 4. The minimum atomic E-state index is -0.138. The molecule has 0 N–H and O–H groups in total. The highest BCUT2D eigenvalue weighted by Gasteiger charge is 2.09. The molecule has 2 heterocycles. The zero-order chi connectivity index (χ0) is 36.5. The molecule has 0 bridgehead atoms. The highest BCUT2D eigenvalue weighted by molar-refractivity contribution is 5.56. The van der Waals surface area contributed by atoms with Gasteiger partial charge in [0.15, 0.2) is 11.6 Å². The Morgan fingerprint density at radius 2 is 0.706 bits per heavy atom. The Morgan fingerprint density at radius 3 is 1.04 bits per heavy atom. The number of hydrogen-bond donors (Lipinski definition) is 0. The van der Waals surface area contributed by atoms with Gasteiger partial charge in [-0.05, 0) is 85.8 Å². The Morgan fingerprint density at radius 1 is 0.392 bits per heavy atom. The summed E-state index contributed by atoms with van der Waals surface area (Å²) in [5.74, 6) is 0.939. The van der Waals surface area contributed by atoms with E-state index in [2.05, 4.69) is 47.6 Å². The van der Waals surface area contributed by atoms with Crippen molar-refractivity contribution < 1.29 is 8.78 Å². The van der Waals surface area contributed by atoms with Gasteiger partial charge in [-0.3, -0.25) is 0 Å². The molecule has 0 fully saturated rings. The first kappa shape index (κ1) is 41.9. The van der Waals surface area contributed by atoms with Gasteiger partial charge in [0, 0.05) is 35.9 Å². The fraction of sp³-hybridized carbons (Fsp3) is 0.556. The lowest BCUT2D eigenvalue weighted by Gasteiger charge is -2.07. The van der Waals surface area contributed by atoms with E-state index >= 15 is 0 Å². The van der Waals surface area contributed by atoms with Gasteiger partial charge in [0.05, 0.1) is 0 Å². The monoisotopic (exact) mass is 699 g/mol. The van der Waals surface area contributed by atoms with Crippen molar-refractivity contribution in [3.63, 3.8) is 0 Å². The molecule has 0 aliphatic carbocycles. The Hall–Kier alpha value is -3.54. The molecule has 0 spiro atoms. The predicted octanol–water partition coefficient (Wildman–Crippen LogP) is 13.4. The minimum Gasteiger partial charge on any atom is -0.236 e. The van der Waals surface area contributed by atoms with Gasteiger partial charge < -0.3 is 0 Å². The molecule has 278 valence electrons. The van der Waals surface area contributed by atoms with Crippen molar-refractivity contribution in [1.29, 1.82) is 0 Å². The maximum Gasteiger partial charge on any atom is 0.159 e. The van der Waals surface area contributed by atoms with Crippen molar-refractivity contribution in [1.82, 2.24) is 19.9 Å². The second-order valence-electron chi connectivity index (χ2n) is 14.0. The summed E-state index contributed by atoms with van der Waals surface area (Å²) in [5.41, 5.74) is 5.44. The molecule has 0 unspecified atom stereocenters. The van der Waals surface area contributed by atoms with E-state index in [1.54, 1.807) is 12.1 Å². The molecule has 0 amide bonds. The summed E-state index contributed by atoms with van der Waals surface area (Å²) >= 11 is 0. The van der Waals surface area contributed by atoms with Crippen LogP contribution in [0, 0.1) is 11.6 Å². The van der Waals surface area contributed by atoms with E-state index in [0.717, 1.165) is 66.3 Å². The van der Waals surface area contributed by atoms with Gasteiger partial charge in [-0.25, -0.2) is 28.7 Å². The summed E-state index contributed by atoms with van der Waals surface area (Å²) in [5, 5.41) is 0. The molecule has 2 aromatic heterocycles. The standard InChI is InChI=1S/C23H33FN2.C22H31FN2/c1-3-5-7-9-10-12-19-17-25-23(26-18-19)21-15-14-20(22(24)16-21)13-11-8-6-4-2;1-3-5-7-9-11-18-16-24-22(25-17-18)20-14-13-19(21(23)15-20)12-10-8-6-4-2/h14-18H,3-13H2,1-2H3;13-17H,3-12H2,1-2H3. The highest BCUT2D eigenvalue weighted by Crippen LogP contribution is 2.22. The van der Waals surface area contributed by atoms with E-state index in [9.17, 15) is 8.78 Å². The fourth-order valence-corrected chi connectivity index (χ4v) is 6.22. The molecule has 0 atom stereocenters. The number of hydrogen-bond acceptors (Lipinski definition) is 4. The van der Waals surface area contributed by atoms with Crippen LogP contribution in [0.25, 0.3) is 22.8 Å². The van der Waals surface area contributed by atoms with Crippen LogP contribution in [0.2, 0.25) is 0 Å². The van der Waals surface area contributed by atoms with Crippen LogP contribution in [0.3, 0.4) is 0 Å². The molecule has 51 heavy (non-hydrogen) atoms. The average Bonchev–Trinajstić information content (AvgIpc) is 3.15. The molecule has 6 heteroatoms. The largest absolute Gasteiger partial charge is 0.236 e. The van der Waals surface area contributed by atoms with Crippen molar-refractivity contribution >= 4 is 0 Å². The Bertz CT molecular complexity index is 1490. The summed E-state index contributed by atoms with van der Waals surface area (Å²) in [6, 6.07) is 10.8. The third kappa shape index (κ3) is 16.1. The van der Waals surface area contributed by atoms with Crippen LogP contribution in [0.5, 0.6) is 0 Å². The summed E-state index contributed by atoms with van der Waals surface area (Å²) in [6.07, 6.45) is 31.8. The smallest absolute Gasteiger partial charge is 0.159 e. The molecule has 0 radical (unpaired) electrons. The molecule has 0 saturated carbocycles. The predicted molar refractivity (Wildman–Crippen MR) is 211 cm³/mol. The number of benzene rings is 2. The molecule has 0 aliphatic heterocycles. The molecule has 0 aliphatic rings. The first-order valence-corrected chi connectivity index (χ1v) is 20.2. The average molecular weight is 699 g/mol. The topological polar surface area (TPSA) is 51.6 Å². The Balaban J connectivity index is 0.000000276. The third-order valence-corrected chi connectivity index (χ3v) is 9.52. The van der Waals surface area contributed by atoms with Crippen LogP contribution in [0.1, 0.15) is 159 Å². The van der Waals surface area contributed by atoms with Crippen molar-refractivity contribution in [3.05, 3.63) is 95.1 Å². The molecule has 4 nitrogen and oxygen atoms in total. The van der Waals surface area contributed by atoms with Crippen LogP contribution >= 0.6 is 0 Å². The van der Waals surface area contributed by atoms with Gasteiger partial charge in [-0.15, -0.1) is 0 Å². The van der Waals surface area contributed by atoms with E-state index in [-0.39, 0.29) is 11.6 Å². The number of halogens is 2. The second kappa shape index (κ2) is 25.4. The molecule has 4 aromatic rings. The maximum absolute atomic E-state index is 14.3. The van der Waals surface area contributed by atoms with E-state index in [0.29, 0.717) is 11.6 Å². The molecule has 2 aromatic carbocycles. The molecular weight excluding hydrogens is 635 g/mol. The minimum absolute atomic E-state index is 0.136. The molecule has 0 saturated heterocycles. The van der Waals surface area contributed by atoms with Gasteiger partial charge in [0.2, 0.25) is 0 Å². The lowest BCUT2D eigenvalue weighted by molar-refractivity contribution is 0.594. The lowest BCUT2D eigenvalue weighted by Crippen LogP contribution is -1.96. The lowest BCUT2D eigenvalue weighted by atomic mass is 10.0. The van der Waals surface area contributed by atoms with Gasteiger partial charge in [-0.2, -0.15) is 0 Å². The number of aryl methyl sites for hydroxylation is 4. The van der Waals surface area contributed by atoms with E-state index in [1.807, 2.05) is 49.1 Å². The third-order valence-electron chi connectivity index (χ3n) is 9.52. The first-order valence-electron chi connectivity index (χ1n) is 20.2. The van der Waals surface area contributed by atoms with Crippen molar-refractivity contribution in [3.8, 4) is 22.8 Å². The molecule has 4 rings (SSSR count). The zero-order valence-corrected chi connectivity index (χ0v) is 32.2. The summed E-state index contributed by atoms with van der Waals surface area (Å²) in [7, 11) is 0. The number of nitrogens with zero attached hydrogens (tertiary/aromatic N) is 4. The van der Waals surface area contributed by atoms with Gasteiger partial charge in [0.1, 0.15) is 11.6 Å². The van der Waals surface area contributed by atoms with Crippen LogP contribution in [-0.4, -0.2) is 19.9 Å². The maximum atomic E-state index is 14.3. The van der Waals surface area contributed by atoms with Crippen LogP contribution in [0.4, 0.5) is 8.78 Å². The SMILES string of the molecule is CCCCCCCc1cnc(-c2ccc(CCCCCC)c(F)c2)nc1.CCCCCCc1cnc(-c2ccc(CCCCCC)c(F)c2)nc1. The summed E-state index contributed by atoms with van der Waals surface area (Å²) in [4.78, 5) is 17.7. The van der Waals surface area contributed by atoms with Crippen molar-refractivity contribution in [2.45, 2.75) is 163 Å². The van der Waals surface area contributed by atoms with Crippen LogP contribution in [0.15, 0.2) is 61.2 Å². The number of rotatable bonds is 23.